The van der Waals surface area contributed by atoms with Crippen molar-refractivity contribution in [2.45, 2.75) is 38.7 Å². The van der Waals surface area contributed by atoms with E-state index in [-0.39, 0.29) is 11.5 Å². The Morgan fingerprint density at radius 1 is 1.50 bits per heavy atom. The first kappa shape index (κ1) is 12.3. The quantitative estimate of drug-likeness (QED) is 0.867. The van der Waals surface area contributed by atoms with Gasteiger partial charge in [-0.15, -0.1) is 0 Å². The summed E-state index contributed by atoms with van der Waals surface area (Å²) in [5.74, 6) is 0. The van der Waals surface area contributed by atoms with Gasteiger partial charge < -0.3 is 10.0 Å². The summed E-state index contributed by atoms with van der Waals surface area (Å²) in [5.41, 5.74) is 1.17. The fraction of sp³-hybridized carbons (Fsp3) is 0.727. The van der Waals surface area contributed by atoms with Crippen LogP contribution in [-0.4, -0.2) is 29.3 Å². The predicted octanol–water partition coefficient (Wildman–Crippen LogP) is 2.77. The molecule has 0 aliphatic carbocycles. The van der Waals surface area contributed by atoms with Crippen molar-refractivity contribution in [3.8, 4) is 0 Å². The van der Waals surface area contributed by atoms with Gasteiger partial charge in [-0.3, -0.25) is 0 Å². The largest absolute Gasteiger partial charge is 0.391 e. The highest BCUT2D eigenvalue weighted by Gasteiger charge is 2.27. The molecule has 5 heteroatoms. The third-order valence-electron chi connectivity index (χ3n) is 2.72. The Balaban J connectivity index is 2.24. The molecule has 0 aromatic carbocycles. The number of β-amino-alcohol motifs (C(OH)–C–C–N with tert-alkyl or cyclic N) is 1. The Hall–Kier alpha value is -0.130. The molecule has 1 aromatic heterocycles. The van der Waals surface area contributed by atoms with Crippen LogP contribution in [0.5, 0.6) is 0 Å². The first-order chi connectivity index (χ1) is 7.38. The summed E-state index contributed by atoms with van der Waals surface area (Å²) in [6.07, 6.45) is 0.656. The van der Waals surface area contributed by atoms with Crippen molar-refractivity contribution in [3.05, 3.63) is 9.48 Å². The number of aliphatic hydroxyl groups excluding tert-OH is 1. The monoisotopic (exact) mass is 304 g/mol. The summed E-state index contributed by atoms with van der Waals surface area (Å²) in [4.78, 5) is 6.85. The van der Waals surface area contributed by atoms with Crippen molar-refractivity contribution in [2.75, 3.05) is 18.0 Å². The topological polar surface area (TPSA) is 36.4 Å². The molecule has 1 aliphatic rings. The number of hydrogen-bond acceptors (Lipinski definition) is 4. The van der Waals surface area contributed by atoms with E-state index in [9.17, 15) is 5.11 Å². The summed E-state index contributed by atoms with van der Waals surface area (Å²) in [6, 6.07) is 0. The van der Waals surface area contributed by atoms with Crippen LogP contribution in [0.25, 0.3) is 0 Å². The molecule has 0 radical (unpaired) electrons. The van der Waals surface area contributed by atoms with Gasteiger partial charge >= 0.3 is 0 Å². The molecule has 90 valence electrons. The van der Waals surface area contributed by atoms with Gasteiger partial charge in [0, 0.05) is 18.5 Å². The van der Waals surface area contributed by atoms with Gasteiger partial charge in [0.25, 0.3) is 0 Å². The second-order valence-corrected chi connectivity index (χ2v) is 7.55. The third-order valence-corrected chi connectivity index (χ3v) is 4.48. The molecule has 1 aliphatic heterocycles. The van der Waals surface area contributed by atoms with Crippen LogP contribution in [0.3, 0.4) is 0 Å². The van der Waals surface area contributed by atoms with Gasteiger partial charge in [-0.1, -0.05) is 32.1 Å². The second kappa shape index (κ2) is 4.27. The van der Waals surface area contributed by atoms with Crippen molar-refractivity contribution in [3.63, 3.8) is 0 Å². The molecule has 1 atom stereocenters. The average Bonchev–Trinajstić information content (AvgIpc) is 2.70. The van der Waals surface area contributed by atoms with Crippen molar-refractivity contribution in [1.29, 1.82) is 0 Å². The normalized spacial score (nSPS) is 21.8. The highest BCUT2D eigenvalue weighted by Crippen LogP contribution is 2.38. The first-order valence-electron chi connectivity index (χ1n) is 5.48. The molecule has 0 saturated carbocycles. The van der Waals surface area contributed by atoms with Gasteiger partial charge in [0.1, 0.15) is 0 Å². The van der Waals surface area contributed by atoms with Gasteiger partial charge in [-0.05, 0) is 22.4 Å². The van der Waals surface area contributed by atoms with Crippen LogP contribution in [0.15, 0.2) is 3.79 Å². The number of anilines is 1. The highest BCUT2D eigenvalue weighted by atomic mass is 79.9. The Kier molecular flexibility index (Phi) is 3.29. The van der Waals surface area contributed by atoms with Gasteiger partial charge in [0.05, 0.1) is 15.6 Å². The number of aromatic nitrogens is 1. The number of rotatable bonds is 1. The Morgan fingerprint density at radius 3 is 2.62 bits per heavy atom. The van der Waals surface area contributed by atoms with Crippen molar-refractivity contribution in [1.82, 2.24) is 4.98 Å². The molecule has 1 aromatic rings. The van der Waals surface area contributed by atoms with Crippen LogP contribution in [0.2, 0.25) is 0 Å². The van der Waals surface area contributed by atoms with Gasteiger partial charge in [0.2, 0.25) is 0 Å². The molecule has 2 heterocycles. The zero-order chi connectivity index (χ0) is 11.9. The standard InChI is InChI=1S/C11H17BrN2OS/c1-11(2,3)8-9(12)16-10(13-8)14-5-4-7(15)6-14/h7,15H,4-6H2,1-3H3/t7-/m1/s1. The second-order valence-electron chi connectivity index (χ2n) is 5.26. The van der Waals surface area contributed by atoms with E-state index in [0.717, 1.165) is 27.6 Å². The molecule has 16 heavy (non-hydrogen) atoms. The molecule has 0 amide bonds. The molecule has 0 unspecified atom stereocenters. The average molecular weight is 305 g/mol. The van der Waals surface area contributed by atoms with Crippen LogP contribution >= 0.6 is 27.3 Å². The smallest absolute Gasteiger partial charge is 0.186 e. The molecule has 1 fully saturated rings. The lowest BCUT2D eigenvalue weighted by molar-refractivity contribution is 0.198. The van der Waals surface area contributed by atoms with Crippen molar-refractivity contribution < 1.29 is 5.11 Å². The minimum absolute atomic E-state index is 0.0614. The maximum Gasteiger partial charge on any atom is 0.186 e. The SMILES string of the molecule is CC(C)(C)c1nc(N2CC[C@@H](O)C2)sc1Br. The van der Waals surface area contributed by atoms with Gasteiger partial charge in [-0.2, -0.15) is 0 Å². The van der Waals surface area contributed by atoms with Gasteiger partial charge in [-0.25, -0.2) is 4.98 Å². The number of halogens is 1. The van der Waals surface area contributed by atoms with Crippen molar-refractivity contribution in [2.24, 2.45) is 0 Å². The number of nitrogens with zero attached hydrogens (tertiary/aromatic N) is 2. The highest BCUT2D eigenvalue weighted by molar-refractivity contribution is 9.11. The van der Waals surface area contributed by atoms with Crippen LogP contribution in [0.4, 0.5) is 5.13 Å². The number of thiazole rings is 1. The molecule has 0 bridgehead atoms. The van der Waals surface area contributed by atoms with Crippen LogP contribution < -0.4 is 4.90 Å². The Bertz CT molecular complexity index is 386. The molecule has 0 spiro atoms. The lowest BCUT2D eigenvalue weighted by atomic mass is 9.93. The van der Waals surface area contributed by atoms with Crippen LogP contribution in [0.1, 0.15) is 32.9 Å². The summed E-state index contributed by atoms with van der Waals surface area (Å²) in [5, 5.41) is 10.5. The van der Waals surface area contributed by atoms with E-state index in [1.165, 1.54) is 0 Å². The summed E-state index contributed by atoms with van der Waals surface area (Å²) in [6.45, 7) is 8.11. The molecule has 2 rings (SSSR count). The fourth-order valence-electron chi connectivity index (χ4n) is 1.80. The fourth-order valence-corrected chi connectivity index (χ4v) is 3.96. The maximum absolute atomic E-state index is 9.52. The summed E-state index contributed by atoms with van der Waals surface area (Å²) in [7, 11) is 0. The lowest BCUT2D eigenvalue weighted by Crippen LogP contribution is -2.21. The maximum atomic E-state index is 9.52. The van der Waals surface area contributed by atoms with Crippen LogP contribution in [-0.2, 0) is 5.41 Å². The molecule has 1 N–H and O–H groups in total. The number of aliphatic hydroxyl groups is 1. The minimum atomic E-state index is -0.194. The van der Waals surface area contributed by atoms with Crippen LogP contribution in [0, 0.1) is 0 Å². The minimum Gasteiger partial charge on any atom is -0.391 e. The van der Waals surface area contributed by atoms with E-state index >= 15 is 0 Å². The van der Waals surface area contributed by atoms with Crippen molar-refractivity contribution >= 4 is 32.4 Å². The lowest BCUT2D eigenvalue weighted by Gasteiger charge is -2.16. The van der Waals surface area contributed by atoms with E-state index < -0.39 is 0 Å². The van der Waals surface area contributed by atoms with E-state index in [1.807, 2.05) is 0 Å². The number of hydrogen-bond donors (Lipinski definition) is 1. The predicted molar refractivity (Wildman–Crippen MR) is 71.4 cm³/mol. The Labute approximate surface area is 109 Å². The zero-order valence-corrected chi connectivity index (χ0v) is 12.2. The molecular formula is C11H17BrN2OS. The molecule has 3 nitrogen and oxygen atoms in total. The summed E-state index contributed by atoms with van der Waals surface area (Å²) < 4.78 is 1.11. The Morgan fingerprint density at radius 2 is 2.19 bits per heavy atom. The molecular weight excluding hydrogens is 288 g/mol. The van der Waals surface area contributed by atoms with E-state index in [2.05, 4.69) is 46.6 Å². The molecule has 1 saturated heterocycles. The van der Waals surface area contributed by atoms with Gasteiger partial charge in [0.15, 0.2) is 5.13 Å². The van der Waals surface area contributed by atoms with E-state index in [1.54, 1.807) is 11.3 Å². The van der Waals surface area contributed by atoms with E-state index in [0.29, 0.717) is 6.54 Å². The first-order valence-corrected chi connectivity index (χ1v) is 7.08. The summed E-state index contributed by atoms with van der Waals surface area (Å²) >= 11 is 5.24. The zero-order valence-electron chi connectivity index (χ0n) is 9.83. The third kappa shape index (κ3) is 2.41. The van der Waals surface area contributed by atoms with E-state index in [4.69, 9.17) is 0 Å².